The van der Waals surface area contributed by atoms with Gasteiger partial charge in [-0.15, -0.1) is 0 Å². The predicted octanol–water partition coefficient (Wildman–Crippen LogP) is 10.8. The molecule has 5 heterocycles. The first-order chi connectivity index (χ1) is 36.8. The Bertz CT molecular complexity index is 3470. The molecule has 9 rings (SSSR count). The van der Waals surface area contributed by atoms with Gasteiger partial charge in [0.15, 0.2) is 0 Å². The number of carbonyl (C=O) groups excluding carboxylic acids is 4. The third-order valence-corrected chi connectivity index (χ3v) is 13.7. The lowest BCUT2D eigenvalue weighted by molar-refractivity contribution is -0.125. The molecule has 0 unspecified atom stereocenters. The highest BCUT2D eigenvalue weighted by molar-refractivity contribution is 6.10. The normalized spacial score (nSPS) is 13.6. The Kier molecular flexibility index (Phi) is 15.8. The number of amides is 4. The molecular formula is C60H60N8O8. The van der Waals surface area contributed by atoms with Crippen LogP contribution in [0.2, 0.25) is 0 Å². The van der Waals surface area contributed by atoms with Crippen molar-refractivity contribution in [2.75, 3.05) is 49.7 Å². The van der Waals surface area contributed by atoms with Gasteiger partial charge in [0.25, 0.3) is 23.6 Å². The Labute approximate surface area is 440 Å². The van der Waals surface area contributed by atoms with Gasteiger partial charge in [-0.2, -0.15) is 0 Å². The van der Waals surface area contributed by atoms with E-state index in [1.54, 1.807) is 64.1 Å². The van der Waals surface area contributed by atoms with E-state index in [0.29, 0.717) is 91.5 Å². The van der Waals surface area contributed by atoms with Gasteiger partial charge < -0.3 is 50.2 Å². The molecule has 16 heteroatoms. The van der Waals surface area contributed by atoms with E-state index in [-0.39, 0.29) is 11.8 Å². The van der Waals surface area contributed by atoms with Crippen LogP contribution in [0.4, 0.5) is 22.7 Å². The van der Waals surface area contributed by atoms with Crippen molar-refractivity contribution in [3.05, 3.63) is 144 Å². The van der Waals surface area contributed by atoms with Crippen LogP contribution < -0.4 is 21.3 Å². The van der Waals surface area contributed by atoms with Crippen LogP contribution in [-0.2, 0) is 51.0 Å². The minimum absolute atomic E-state index is 0.385. The summed E-state index contributed by atoms with van der Waals surface area (Å²) in [5, 5.41) is 12.4. The van der Waals surface area contributed by atoms with Gasteiger partial charge in [0.2, 0.25) is 0 Å². The molecule has 388 valence electrons. The number of benzene rings is 4. The molecule has 0 saturated carbocycles. The summed E-state index contributed by atoms with van der Waals surface area (Å²) in [6.45, 7) is 6.65. The lowest BCUT2D eigenvalue weighted by Gasteiger charge is -2.20. The third kappa shape index (κ3) is 10.7. The summed E-state index contributed by atoms with van der Waals surface area (Å²) in [6, 6.07) is 38.5. The van der Waals surface area contributed by atoms with Crippen molar-refractivity contribution in [1.82, 2.24) is 19.9 Å². The van der Waals surface area contributed by atoms with Crippen LogP contribution in [-0.4, -0.2) is 96.4 Å². The summed E-state index contributed by atoms with van der Waals surface area (Å²) in [6.07, 6.45) is 1.65. The largest absolute Gasteiger partial charge is 0.372 e. The van der Waals surface area contributed by atoms with Gasteiger partial charge in [0.1, 0.15) is 24.4 Å². The van der Waals surface area contributed by atoms with Crippen molar-refractivity contribution >= 4 is 80.6 Å². The second kappa shape index (κ2) is 22.9. The number of aromatic amines is 2. The average Bonchev–Trinajstić information content (AvgIpc) is 4.31. The number of methoxy groups -OCH3 is 4. The van der Waals surface area contributed by atoms with E-state index in [2.05, 4.69) is 31.2 Å². The SMILES string of the molecule is CO[C@@H](C)C(=O)Nc1cccc(NC(=O)[C@H](C)OC)c1-c1c2nc(c(-c3ccccc3)c3ccc([nH]3)c(-c3c(NC(=O)[C@H](C)OC)cccc3NC(=O)[C@H](C)OC)c3nc(c(-c4ccccc4)c4ccc1[nH]4)CC3)C=C2. The first-order valence-electron chi connectivity index (χ1n) is 25.0. The van der Waals surface area contributed by atoms with Crippen molar-refractivity contribution in [3.63, 3.8) is 0 Å². The summed E-state index contributed by atoms with van der Waals surface area (Å²) < 4.78 is 21.8. The molecule has 2 aliphatic heterocycles. The number of H-pyrrole nitrogens is 2. The number of anilines is 4. The number of rotatable bonds is 16. The molecule has 4 amide bonds. The van der Waals surface area contributed by atoms with Crippen molar-refractivity contribution in [3.8, 4) is 44.5 Å². The summed E-state index contributed by atoms with van der Waals surface area (Å²) in [4.78, 5) is 73.6. The first kappa shape index (κ1) is 52.3. The van der Waals surface area contributed by atoms with Gasteiger partial charge in [-0.1, -0.05) is 72.8 Å². The van der Waals surface area contributed by atoms with E-state index in [1.165, 1.54) is 28.4 Å². The maximum Gasteiger partial charge on any atom is 0.253 e. The second-order valence-electron chi connectivity index (χ2n) is 18.4. The lowest BCUT2D eigenvalue weighted by Crippen LogP contribution is -2.28. The molecule has 7 aromatic rings. The minimum atomic E-state index is -0.804. The molecule has 0 radical (unpaired) electrons. The number of nitrogens with one attached hydrogen (secondary N) is 6. The van der Waals surface area contributed by atoms with Crippen LogP contribution in [0.15, 0.2) is 121 Å². The van der Waals surface area contributed by atoms with Crippen molar-refractivity contribution < 1.29 is 38.1 Å². The van der Waals surface area contributed by atoms with E-state index in [9.17, 15) is 19.2 Å². The number of carbonyl (C=O) groups is 4. The van der Waals surface area contributed by atoms with Crippen molar-refractivity contribution in [2.45, 2.75) is 65.0 Å². The monoisotopic (exact) mass is 1020 g/mol. The maximum absolute atomic E-state index is 13.8. The smallest absolute Gasteiger partial charge is 0.253 e. The second-order valence-corrected chi connectivity index (χ2v) is 18.4. The summed E-state index contributed by atoms with van der Waals surface area (Å²) in [5.41, 5.74) is 12.5. The highest BCUT2D eigenvalue weighted by Crippen LogP contribution is 2.45. The number of aryl methyl sites for hydroxylation is 2. The molecule has 0 spiro atoms. The number of hydrogen-bond acceptors (Lipinski definition) is 10. The maximum atomic E-state index is 13.8. The number of nitrogens with zero attached hydrogens (tertiary/aromatic N) is 2. The van der Waals surface area contributed by atoms with Crippen LogP contribution in [0.25, 0.3) is 78.7 Å². The van der Waals surface area contributed by atoms with E-state index < -0.39 is 36.2 Å². The fourth-order valence-corrected chi connectivity index (χ4v) is 9.28. The minimum Gasteiger partial charge on any atom is -0.372 e. The average molecular weight is 1020 g/mol. The topological polar surface area (TPSA) is 211 Å². The molecule has 3 aromatic heterocycles. The van der Waals surface area contributed by atoms with Crippen molar-refractivity contribution in [2.24, 2.45) is 0 Å². The Morgan fingerprint density at radius 3 is 1.13 bits per heavy atom. The predicted molar refractivity (Wildman–Crippen MR) is 299 cm³/mol. The summed E-state index contributed by atoms with van der Waals surface area (Å²) >= 11 is 0. The lowest BCUT2D eigenvalue weighted by atomic mass is 9.97. The first-order valence-corrected chi connectivity index (χ1v) is 25.0. The highest BCUT2D eigenvalue weighted by atomic mass is 16.5. The molecule has 2 aliphatic rings. The molecule has 8 bridgehead atoms. The number of aromatic nitrogens is 4. The Morgan fingerprint density at radius 2 is 0.724 bits per heavy atom. The van der Waals surface area contributed by atoms with Gasteiger partial charge in [-0.25, -0.2) is 4.98 Å². The van der Waals surface area contributed by atoms with E-state index in [0.717, 1.165) is 33.5 Å². The van der Waals surface area contributed by atoms with Crippen LogP contribution >= 0.6 is 0 Å². The van der Waals surface area contributed by atoms with Crippen LogP contribution in [0.3, 0.4) is 0 Å². The van der Waals surface area contributed by atoms with Gasteiger partial charge in [-0.3, -0.25) is 24.2 Å². The summed E-state index contributed by atoms with van der Waals surface area (Å²) in [7, 11) is 5.87. The third-order valence-electron chi connectivity index (χ3n) is 13.7. The molecule has 0 fully saturated rings. The van der Waals surface area contributed by atoms with Gasteiger partial charge >= 0.3 is 0 Å². The molecule has 0 aliphatic carbocycles. The number of hydrogen-bond donors (Lipinski definition) is 6. The molecule has 76 heavy (non-hydrogen) atoms. The number of fused-ring (bicyclic) bond motifs is 8. The Morgan fingerprint density at radius 1 is 0.395 bits per heavy atom. The zero-order chi connectivity index (χ0) is 53.6. The zero-order valence-electron chi connectivity index (χ0n) is 43.6. The standard InChI is InChI=1S/C60H60N8O8/c1-33(73-5)57(69)65-39-21-15-22-40(66-58(70)34(2)74-6)53(39)55-47-29-25-43(61-47)51(37-17-11-9-12-18-37)45-27-31-49(63-45)56(50-32-28-46(64-50)52(38-19-13-10-14-20-38)44-26-30-48(55)62-44)54-41(67-59(71)35(3)75-7)23-16-24-42(54)68-60(72)36(4)76-8/h9-27,29-31,33-36,62-63H,28,32H2,1-8H3,(H,65,69)(H,66,70)(H,67,71)(H,68,72)/t33-,34-,35-,36-/m0/s1. The van der Waals surface area contributed by atoms with Crippen molar-refractivity contribution in [1.29, 1.82) is 0 Å². The quantitative estimate of drug-likeness (QED) is 0.0539. The zero-order valence-corrected chi connectivity index (χ0v) is 43.6. The summed E-state index contributed by atoms with van der Waals surface area (Å²) in [5.74, 6) is -1.56. The van der Waals surface area contributed by atoms with Crippen LogP contribution in [0.1, 0.15) is 50.5 Å². The van der Waals surface area contributed by atoms with Crippen LogP contribution in [0, 0.1) is 0 Å². The molecule has 16 nitrogen and oxygen atoms in total. The highest BCUT2D eigenvalue weighted by Gasteiger charge is 2.28. The van der Waals surface area contributed by atoms with Gasteiger partial charge in [0, 0.05) is 83.9 Å². The molecule has 4 aromatic carbocycles. The fraction of sp³-hybridized carbons (Fsp3) is 0.233. The Hall–Kier alpha value is -8.54. The number of ether oxygens (including phenoxy) is 4. The Balaban J connectivity index is 1.46. The van der Waals surface area contributed by atoms with Gasteiger partial charge in [-0.05, 0) is 112 Å². The fourth-order valence-electron chi connectivity index (χ4n) is 9.28. The molecule has 0 saturated heterocycles. The van der Waals surface area contributed by atoms with Crippen LogP contribution in [0.5, 0.6) is 0 Å². The van der Waals surface area contributed by atoms with Gasteiger partial charge in [0.05, 0.1) is 45.5 Å². The van der Waals surface area contributed by atoms with E-state index >= 15 is 0 Å². The molecule has 6 N–H and O–H groups in total. The van der Waals surface area contributed by atoms with E-state index in [1.807, 2.05) is 97.1 Å². The molecule has 4 atom stereocenters. The molecular weight excluding hydrogens is 961 g/mol. The van der Waals surface area contributed by atoms with E-state index in [4.69, 9.17) is 28.9 Å².